The summed E-state index contributed by atoms with van der Waals surface area (Å²) in [6.07, 6.45) is 1.05. The number of hydrogen-bond acceptors (Lipinski definition) is 4. The van der Waals surface area contributed by atoms with Crippen LogP contribution in [0.1, 0.15) is 26.7 Å². The first-order valence-electron chi connectivity index (χ1n) is 5.66. The molecular formula is C10H21N3O3S. The van der Waals surface area contributed by atoms with Crippen LogP contribution in [-0.4, -0.2) is 39.3 Å². The summed E-state index contributed by atoms with van der Waals surface area (Å²) in [6, 6.07) is 0. The molecule has 7 heteroatoms. The maximum Gasteiger partial charge on any atom is 0.214 e. The molecular weight excluding hydrogens is 242 g/mol. The molecule has 1 rings (SSSR count). The van der Waals surface area contributed by atoms with Crippen LogP contribution in [0.4, 0.5) is 0 Å². The fourth-order valence-electron chi connectivity index (χ4n) is 1.48. The summed E-state index contributed by atoms with van der Waals surface area (Å²) in [7, 11) is -3.33. The first kappa shape index (κ1) is 14.4. The molecule has 6 nitrogen and oxygen atoms in total. The lowest BCUT2D eigenvalue weighted by Crippen LogP contribution is -2.45. The molecule has 17 heavy (non-hydrogen) atoms. The van der Waals surface area contributed by atoms with E-state index in [2.05, 4.69) is 4.72 Å². The Labute approximate surface area is 102 Å². The highest BCUT2D eigenvalue weighted by atomic mass is 32.2. The highest BCUT2D eigenvalue weighted by Crippen LogP contribution is 2.17. The Hall–Kier alpha value is -0.660. The molecule has 1 aliphatic rings. The van der Waals surface area contributed by atoms with E-state index in [0.29, 0.717) is 26.1 Å². The number of nitrogens with one attached hydrogen (secondary N) is 2. The Balaban J connectivity index is 2.58. The van der Waals surface area contributed by atoms with Gasteiger partial charge in [0.15, 0.2) is 0 Å². The van der Waals surface area contributed by atoms with E-state index in [0.717, 1.165) is 0 Å². The Morgan fingerprint density at radius 3 is 2.47 bits per heavy atom. The summed E-state index contributed by atoms with van der Waals surface area (Å²) in [6.45, 7) is 4.61. The summed E-state index contributed by atoms with van der Waals surface area (Å²) in [5.74, 6) is -0.0211. The Bertz CT molecular complexity index is 372. The average molecular weight is 263 g/mol. The highest BCUT2D eigenvalue weighted by Gasteiger charge is 2.30. The van der Waals surface area contributed by atoms with Crippen LogP contribution in [0.15, 0.2) is 0 Å². The standard InChI is InChI=1S/C10H21N3O3S/c1-10(2,9(11)12)7-13-17(14,15)8-3-5-16-6-4-8/h8,13H,3-7H2,1-2H3,(H3,11,12). The van der Waals surface area contributed by atoms with Crippen LogP contribution in [-0.2, 0) is 14.8 Å². The molecule has 0 aliphatic carbocycles. The van der Waals surface area contributed by atoms with Gasteiger partial charge in [0.05, 0.1) is 11.1 Å². The van der Waals surface area contributed by atoms with E-state index in [1.165, 1.54) is 0 Å². The van der Waals surface area contributed by atoms with Gasteiger partial charge >= 0.3 is 0 Å². The first-order chi connectivity index (χ1) is 7.76. The van der Waals surface area contributed by atoms with E-state index in [9.17, 15) is 8.42 Å². The molecule has 0 radical (unpaired) electrons. The van der Waals surface area contributed by atoms with Gasteiger partial charge in [0.1, 0.15) is 0 Å². The van der Waals surface area contributed by atoms with Gasteiger partial charge in [0.25, 0.3) is 0 Å². The van der Waals surface area contributed by atoms with Crippen LogP contribution in [0.3, 0.4) is 0 Å². The smallest absolute Gasteiger partial charge is 0.214 e. The number of nitrogens with two attached hydrogens (primary N) is 1. The van der Waals surface area contributed by atoms with Crippen molar-refractivity contribution in [3.05, 3.63) is 0 Å². The molecule has 0 aromatic carbocycles. The summed E-state index contributed by atoms with van der Waals surface area (Å²) < 4.78 is 31.6. The molecule has 0 spiro atoms. The molecule has 0 aromatic rings. The van der Waals surface area contributed by atoms with E-state index in [1.54, 1.807) is 13.8 Å². The predicted octanol–water partition coefficient (Wildman–Crippen LogP) is 0.0470. The molecule has 1 heterocycles. The molecule has 0 bridgehead atoms. The van der Waals surface area contributed by atoms with Crippen LogP contribution < -0.4 is 10.5 Å². The third-order valence-electron chi connectivity index (χ3n) is 3.05. The number of ether oxygens (including phenoxy) is 1. The molecule has 0 amide bonds. The second kappa shape index (κ2) is 5.32. The number of rotatable bonds is 5. The van der Waals surface area contributed by atoms with Gasteiger partial charge in [-0.1, -0.05) is 13.8 Å². The second-order valence-corrected chi connectivity index (χ2v) is 7.02. The number of sulfonamides is 1. The van der Waals surface area contributed by atoms with Gasteiger partial charge < -0.3 is 10.5 Å². The quantitative estimate of drug-likeness (QED) is 0.481. The van der Waals surface area contributed by atoms with E-state index < -0.39 is 15.4 Å². The summed E-state index contributed by atoms with van der Waals surface area (Å²) in [4.78, 5) is 0. The van der Waals surface area contributed by atoms with Crippen molar-refractivity contribution >= 4 is 15.9 Å². The predicted molar refractivity (Wildman–Crippen MR) is 66.5 cm³/mol. The van der Waals surface area contributed by atoms with Crippen LogP contribution in [0.25, 0.3) is 0 Å². The molecule has 1 fully saturated rings. The summed E-state index contributed by atoms with van der Waals surface area (Å²) in [5.41, 5.74) is 4.75. The van der Waals surface area contributed by atoms with Crippen molar-refractivity contribution in [2.45, 2.75) is 31.9 Å². The van der Waals surface area contributed by atoms with Gasteiger partial charge in [-0.3, -0.25) is 5.41 Å². The maximum atomic E-state index is 12.0. The van der Waals surface area contributed by atoms with Crippen molar-refractivity contribution in [1.29, 1.82) is 5.41 Å². The topological polar surface area (TPSA) is 105 Å². The highest BCUT2D eigenvalue weighted by molar-refractivity contribution is 7.90. The van der Waals surface area contributed by atoms with Gasteiger partial charge in [-0.25, -0.2) is 13.1 Å². The first-order valence-corrected chi connectivity index (χ1v) is 7.21. The summed E-state index contributed by atoms with van der Waals surface area (Å²) >= 11 is 0. The molecule has 0 aromatic heterocycles. The lowest BCUT2D eigenvalue weighted by molar-refractivity contribution is 0.0981. The molecule has 1 saturated heterocycles. The largest absolute Gasteiger partial charge is 0.387 e. The van der Waals surface area contributed by atoms with Gasteiger partial charge in [-0.05, 0) is 12.8 Å². The lowest BCUT2D eigenvalue weighted by atomic mass is 9.93. The van der Waals surface area contributed by atoms with E-state index in [1.807, 2.05) is 0 Å². The fraction of sp³-hybridized carbons (Fsp3) is 0.900. The van der Waals surface area contributed by atoms with E-state index in [4.69, 9.17) is 15.9 Å². The zero-order valence-corrected chi connectivity index (χ0v) is 11.1. The van der Waals surface area contributed by atoms with Gasteiger partial charge in [0, 0.05) is 25.2 Å². The fourth-order valence-corrected chi connectivity index (χ4v) is 3.09. The van der Waals surface area contributed by atoms with Crippen molar-refractivity contribution in [3.63, 3.8) is 0 Å². The number of amidine groups is 1. The average Bonchev–Trinajstić information content (AvgIpc) is 2.28. The van der Waals surface area contributed by atoms with Crippen LogP contribution in [0, 0.1) is 10.8 Å². The third kappa shape index (κ3) is 3.93. The zero-order chi connectivity index (χ0) is 13.1. The van der Waals surface area contributed by atoms with Crippen molar-refractivity contribution in [1.82, 2.24) is 4.72 Å². The van der Waals surface area contributed by atoms with Crippen LogP contribution in [0.5, 0.6) is 0 Å². The second-order valence-electron chi connectivity index (χ2n) is 4.98. The minimum atomic E-state index is -3.33. The minimum Gasteiger partial charge on any atom is -0.387 e. The van der Waals surface area contributed by atoms with Crippen LogP contribution in [0.2, 0.25) is 0 Å². The van der Waals surface area contributed by atoms with Gasteiger partial charge in [-0.2, -0.15) is 0 Å². The summed E-state index contributed by atoms with van der Waals surface area (Å²) in [5, 5.41) is 6.98. The maximum absolute atomic E-state index is 12.0. The molecule has 0 unspecified atom stereocenters. The van der Waals surface area contributed by atoms with Crippen molar-refractivity contribution in [2.75, 3.05) is 19.8 Å². The van der Waals surface area contributed by atoms with E-state index >= 15 is 0 Å². The Kier molecular flexibility index (Phi) is 4.51. The zero-order valence-electron chi connectivity index (χ0n) is 10.3. The minimum absolute atomic E-state index is 0.0211. The van der Waals surface area contributed by atoms with Crippen molar-refractivity contribution < 1.29 is 13.2 Å². The molecule has 1 aliphatic heterocycles. The molecule has 100 valence electrons. The van der Waals surface area contributed by atoms with Crippen molar-refractivity contribution in [3.8, 4) is 0 Å². The van der Waals surface area contributed by atoms with Gasteiger partial charge in [0.2, 0.25) is 10.0 Å². The SMILES string of the molecule is CC(C)(CNS(=O)(=O)C1CCOCC1)C(=N)N. The number of hydrogen-bond donors (Lipinski definition) is 3. The van der Waals surface area contributed by atoms with E-state index in [-0.39, 0.29) is 17.6 Å². The molecule has 0 saturated carbocycles. The van der Waals surface area contributed by atoms with Crippen LogP contribution >= 0.6 is 0 Å². The molecule has 0 atom stereocenters. The monoisotopic (exact) mass is 263 g/mol. The normalized spacial score (nSPS) is 19.2. The Morgan fingerprint density at radius 1 is 1.47 bits per heavy atom. The molecule has 4 N–H and O–H groups in total. The third-order valence-corrected chi connectivity index (χ3v) is 4.95. The van der Waals surface area contributed by atoms with Crippen molar-refractivity contribution in [2.24, 2.45) is 11.1 Å². The Morgan fingerprint density at radius 2 is 2.00 bits per heavy atom. The lowest BCUT2D eigenvalue weighted by Gasteiger charge is -2.27. The van der Waals surface area contributed by atoms with Gasteiger partial charge in [-0.15, -0.1) is 0 Å².